The van der Waals surface area contributed by atoms with Gasteiger partial charge < -0.3 is 4.42 Å². The van der Waals surface area contributed by atoms with Gasteiger partial charge in [0, 0.05) is 12.4 Å². The van der Waals surface area contributed by atoms with E-state index in [1.807, 2.05) is 48.5 Å². The molecule has 0 bridgehead atoms. The van der Waals surface area contributed by atoms with Gasteiger partial charge in [-0.3, -0.25) is 4.98 Å². The van der Waals surface area contributed by atoms with Crippen LogP contribution in [0.4, 0.5) is 0 Å². The average Bonchev–Trinajstić information content (AvgIpc) is 3.01. The highest BCUT2D eigenvalue weighted by molar-refractivity contribution is 5.11. The monoisotopic (exact) mass is 239 g/mol. The normalized spacial score (nSPS) is 8.28. The van der Waals surface area contributed by atoms with Crippen LogP contribution in [0.5, 0.6) is 0 Å². The molecule has 0 amide bonds. The number of rotatable bonds is 0. The first-order valence-electron chi connectivity index (χ1n) is 5.73. The lowest BCUT2D eigenvalue weighted by molar-refractivity contribution is 0.567. The van der Waals surface area contributed by atoms with Crippen LogP contribution in [0, 0.1) is 6.92 Å². The first-order chi connectivity index (χ1) is 8.89. The Hall–Kier alpha value is -2.35. The van der Waals surface area contributed by atoms with Crippen LogP contribution in [0.25, 0.3) is 0 Å². The Kier molecular flexibility index (Phi) is 7.50. The largest absolute Gasteiger partial charge is 0.473 e. The molecule has 0 fully saturated rings. The van der Waals surface area contributed by atoms with Crippen LogP contribution in [-0.4, -0.2) is 4.98 Å². The van der Waals surface area contributed by atoms with Gasteiger partial charge in [0.05, 0.1) is 12.5 Å². The summed E-state index contributed by atoms with van der Waals surface area (Å²) in [6, 6.07) is 19.6. The molecule has 0 saturated carbocycles. The third-order valence-corrected chi connectivity index (χ3v) is 1.93. The molecule has 3 aromatic rings. The Morgan fingerprint density at radius 2 is 1.28 bits per heavy atom. The van der Waals surface area contributed by atoms with E-state index >= 15 is 0 Å². The highest BCUT2D eigenvalue weighted by Crippen LogP contribution is 1.92. The van der Waals surface area contributed by atoms with E-state index in [4.69, 9.17) is 0 Å². The zero-order valence-corrected chi connectivity index (χ0v) is 10.4. The van der Waals surface area contributed by atoms with Crippen molar-refractivity contribution in [2.75, 3.05) is 0 Å². The lowest BCUT2D eigenvalue weighted by Crippen LogP contribution is -1.62. The molecule has 1 aromatic carbocycles. The Labute approximate surface area is 108 Å². The van der Waals surface area contributed by atoms with Crippen LogP contribution in [0.1, 0.15) is 5.56 Å². The molecule has 0 atom stereocenters. The summed E-state index contributed by atoms with van der Waals surface area (Å²) in [6.07, 6.45) is 6.75. The third-order valence-electron chi connectivity index (χ3n) is 1.93. The second-order valence-electron chi connectivity index (χ2n) is 3.47. The molecular weight excluding hydrogens is 222 g/mol. The van der Waals surface area contributed by atoms with Gasteiger partial charge in [-0.05, 0) is 31.2 Å². The van der Waals surface area contributed by atoms with Gasteiger partial charge in [0.2, 0.25) is 0 Å². The van der Waals surface area contributed by atoms with Crippen LogP contribution < -0.4 is 0 Å². The van der Waals surface area contributed by atoms with E-state index in [2.05, 4.69) is 28.5 Å². The van der Waals surface area contributed by atoms with Crippen LogP contribution in [-0.2, 0) is 0 Å². The van der Waals surface area contributed by atoms with Crippen molar-refractivity contribution >= 4 is 0 Å². The van der Waals surface area contributed by atoms with E-state index in [0.717, 1.165) is 0 Å². The van der Waals surface area contributed by atoms with Gasteiger partial charge in [0.15, 0.2) is 0 Å². The topological polar surface area (TPSA) is 26.0 Å². The lowest BCUT2D eigenvalue weighted by Gasteiger charge is -1.82. The molecule has 2 heterocycles. The van der Waals surface area contributed by atoms with E-state index < -0.39 is 0 Å². The minimum absolute atomic E-state index is 1.32. The molecule has 2 nitrogen and oxygen atoms in total. The predicted octanol–water partition coefficient (Wildman–Crippen LogP) is 4.36. The molecule has 3 rings (SSSR count). The quantitative estimate of drug-likeness (QED) is 0.582. The minimum Gasteiger partial charge on any atom is -0.473 e. The first kappa shape index (κ1) is 13.7. The predicted molar refractivity (Wildman–Crippen MR) is 74.1 cm³/mol. The summed E-state index contributed by atoms with van der Waals surface area (Å²) < 4.78 is 4.58. The van der Waals surface area contributed by atoms with E-state index in [1.165, 1.54) is 5.56 Å². The van der Waals surface area contributed by atoms with E-state index in [0.29, 0.717) is 0 Å². The van der Waals surface area contributed by atoms with E-state index in [1.54, 1.807) is 24.9 Å². The Bertz CT molecular complexity index is 419. The molecule has 2 heteroatoms. The van der Waals surface area contributed by atoms with Gasteiger partial charge in [-0.15, -0.1) is 0 Å². The van der Waals surface area contributed by atoms with Crippen molar-refractivity contribution in [3.8, 4) is 0 Å². The smallest absolute Gasteiger partial charge is 0.0902 e. The molecule has 2 aromatic heterocycles. The molecule has 0 spiro atoms. The number of hydrogen-bond acceptors (Lipinski definition) is 2. The summed E-state index contributed by atoms with van der Waals surface area (Å²) >= 11 is 0. The molecule has 0 unspecified atom stereocenters. The van der Waals surface area contributed by atoms with Crippen molar-refractivity contribution in [2.24, 2.45) is 0 Å². The molecule has 0 saturated heterocycles. The summed E-state index contributed by atoms with van der Waals surface area (Å²) in [4.78, 5) is 3.78. The highest BCUT2D eigenvalue weighted by atomic mass is 16.3. The molecule has 0 aliphatic rings. The van der Waals surface area contributed by atoms with Crippen molar-refractivity contribution in [3.05, 3.63) is 91.1 Å². The number of pyridine rings is 1. The minimum atomic E-state index is 1.32. The highest BCUT2D eigenvalue weighted by Gasteiger charge is 1.72. The van der Waals surface area contributed by atoms with E-state index in [-0.39, 0.29) is 0 Å². The molecule has 0 N–H and O–H groups in total. The van der Waals surface area contributed by atoms with Crippen molar-refractivity contribution in [1.82, 2.24) is 4.98 Å². The fourth-order valence-corrected chi connectivity index (χ4v) is 1.07. The fraction of sp³-hybridized carbons (Fsp3) is 0.0625. The number of benzene rings is 1. The Balaban J connectivity index is 0.000000137. The Morgan fingerprint density at radius 3 is 1.50 bits per heavy atom. The van der Waals surface area contributed by atoms with Gasteiger partial charge in [0.25, 0.3) is 0 Å². The van der Waals surface area contributed by atoms with Gasteiger partial charge in [0.1, 0.15) is 0 Å². The van der Waals surface area contributed by atoms with Crippen LogP contribution >= 0.6 is 0 Å². The van der Waals surface area contributed by atoms with Crippen LogP contribution in [0.2, 0.25) is 0 Å². The average molecular weight is 239 g/mol. The maximum Gasteiger partial charge on any atom is 0.0902 e. The lowest BCUT2D eigenvalue weighted by atomic mass is 10.2. The van der Waals surface area contributed by atoms with Gasteiger partial charge >= 0.3 is 0 Å². The third kappa shape index (κ3) is 7.88. The van der Waals surface area contributed by atoms with E-state index in [9.17, 15) is 0 Å². The Morgan fingerprint density at radius 1 is 0.722 bits per heavy atom. The molecule has 0 aliphatic heterocycles. The number of furan rings is 1. The summed E-state index contributed by atoms with van der Waals surface area (Å²) in [7, 11) is 0. The molecule has 92 valence electrons. The second-order valence-corrected chi connectivity index (χ2v) is 3.47. The zero-order chi connectivity index (χ0) is 12.9. The van der Waals surface area contributed by atoms with Crippen LogP contribution in [0.3, 0.4) is 0 Å². The first-order valence-corrected chi connectivity index (χ1v) is 5.73. The molecule has 18 heavy (non-hydrogen) atoms. The van der Waals surface area contributed by atoms with Crippen molar-refractivity contribution in [1.29, 1.82) is 0 Å². The number of hydrogen-bond donors (Lipinski definition) is 0. The number of aryl methyl sites for hydroxylation is 1. The molecule has 0 radical (unpaired) electrons. The van der Waals surface area contributed by atoms with Crippen LogP contribution in [0.15, 0.2) is 90.0 Å². The standard InChI is InChI=1S/C7H8.C5H5N.C4H4O/c1-7-5-3-2-4-6-7;1-2-4-6-5-3-1;1-2-4-5-3-1/h2-6H,1H3;1-5H;1-4H. The number of nitrogens with zero attached hydrogens (tertiary/aromatic N) is 1. The van der Waals surface area contributed by atoms with Crippen molar-refractivity contribution in [2.45, 2.75) is 6.92 Å². The van der Waals surface area contributed by atoms with Crippen molar-refractivity contribution < 1.29 is 4.42 Å². The summed E-state index contributed by atoms with van der Waals surface area (Å²) in [5.74, 6) is 0. The maximum atomic E-state index is 4.58. The van der Waals surface area contributed by atoms with Gasteiger partial charge in [-0.1, -0.05) is 42.0 Å². The summed E-state index contributed by atoms with van der Waals surface area (Å²) in [5, 5.41) is 0. The summed E-state index contributed by atoms with van der Waals surface area (Å²) in [6.45, 7) is 2.08. The number of aromatic nitrogens is 1. The molecular formula is C16H17NO. The SMILES string of the molecule is Cc1ccccc1.c1ccncc1.c1ccoc1. The zero-order valence-electron chi connectivity index (χ0n) is 10.4. The van der Waals surface area contributed by atoms with Gasteiger partial charge in [-0.25, -0.2) is 0 Å². The summed E-state index contributed by atoms with van der Waals surface area (Å²) in [5.41, 5.74) is 1.32. The van der Waals surface area contributed by atoms with Gasteiger partial charge in [-0.2, -0.15) is 0 Å². The van der Waals surface area contributed by atoms with Crippen molar-refractivity contribution in [3.63, 3.8) is 0 Å². The molecule has 0 aliphatic carbocycles. The maximum absolute atomic E-state index is 4.58. The fourth-order valence-electron chi connectivity index (χ4n) is 1.07. The second kappa shape index (κ2) is 9.85.